The lowest BCUT2D eigenvalue weighted by Gasteiger charge is -2.31. The third-order valence-electron chi connectivity index (χ3n) is 7.86. The number of benzene rings is 3. The number of fused-ring (bicyclic) bond motifs is 2. The van der Waals surface area contributed by atoms with Gasteiger partial charge in [-0.25, -0.2) is 0 Å². The molecule has 1 aromatic heterocycles. The van der Waals surface area contributed by atoms with E-state index in [2.05, 4.69) is 19.9 Å². The molecule has 0 atom stereocenters. The van der Waals surface area contributed by atoms with Crippen molar-refractivity contribution in [1.82, 2.24) is 4.57 Å². The van der Waals surface area contributed by atoms with Gasteiger partial charge in [0.25, 0.3) is 5.69 Å². The Kier molecular flexibility index (Phi) is 5.04. The molecule has 1 aliphatic heterocycles. The van der Waals surface area contributed by atoms with Crippen molar-refractivity contribution in [2.45, 2.75) is 19.3 Å². The highest BCUT2D eigenvalue weighted by atomic mass is 16.6. The molecule has 0 saturated heterocycles. The molecule has 2 heterocycles. The van der Waals surface area contributed by atoms with E-state index in [-0.39, 0.29) is 33.8 Å². The van der Waals surface area contributed by atoms with Gasteiger partial charge < -0.3 is 9.67 Å². The number of carbonyl (C=O) groups is 1. The molecule has 7 heteroatoms. The van der Waals surface area contributed by atoms with Crippen molar-refractivity contribution >= 4 is 39.3 Å². The summed E-state index contributed by atoms with van der Waals surface area (Å²) in [5.74, 6) is -0.697. The van der Waals surface area contributed by atoms with E-state index in [9.17, 15) is 20.0 Å². The standard InChI is InChI=1S/C31H25N3O4/c1-31(2)22-12-8-9-13-24(22)32(3)25(31)17-21-29(35)27(30(21)36)26-20-16-19(34(37)38)14-15-23(20)33(4)28(26)18-10-6-5-7-11-18/h5-17H,1-4H3. The topological polar surface area (TPSA) is 91.2 Å². The second kappa shape index (κ2) is 8.11. The van der Waals surface area contributed by atoms with E-state index >= 15 is 0 Å². The second-order valence-corrected chi connectivity index (χ2v) is 10.3. The minimum absolute atomic E-state index is 0.0674. The Morgan fingerprint density at radius 2 is 1.68 bits per heavy atom. The molecule has 2 aliphatic rings. The number of nitro benzene ring substituents is 1. The first kappa shape index (κ1) is 23.6. The minimum Gasteiger partial charge on any atom is -0.871 e. The first-order valence-corrected chi connectivity index (χ1v) is 12.3. The smallest absolute Gasteiger partial charge is 0.270 e. The predicted molar refractivity (Wildman–Crippen MR) is 145 cm³/mol. The van der Waals surface area contributed by atoms with Gasteiger partial charge in [0.05, 0.1) is 16.0 Å². The molecular formula is C31H25N3O4. The Balaban J connectivity index is 1.58. The molecular weight excluding hydrogens is 478 g/mol. The van der Waals surface area contributed by atoms with Crippen LogP contribution in [0.4, 0.5) is 11.4 Å². The van der Waals surface area contributed by atoms with E-state index in [1.165, 1.54) is 12.1 Å². The molecule has 188 valence electrons. The summed E-state index contributed by atoms with van der Waals surface area (Å²) < 4.78 is 3.91. The average molecular weight is 504 g/mol. The summed E-state index contributed by atoms with van der Waals surface area (Å²) in [5, 5.41) is 25.8. The molecule has 0 bridgehead atoms. The van der Waals surface area contributed by atoms with Crippen molar-refractivity contribution in [1.29, 1.82) is 0 Å². The van der Waals surface area contributed by atoms with E-state index < -0.39 is 4.92 Å². The van der Waals surface area contributed by atoms with Gasteiger partial charge >= 0.3 is 0 Å². The van der Waals surface area contributed by atoms with Gasteiger partial charge in [-0.15, -0.1) is 0 Å². The SMILES string of the molecule is Cn1c(-c2ccccc2)c(C2=C([O-])/C(=C\C3=[N+](C)c4ccccc4C3(C)C)C2=O)c2cc([N+](=O)[O-])ccc21. The molecule has 0 amide bonds. The van der Waals surface area contributed by atoms with Gasteiger partial charge in [0.2, 0.25) is 5.69 Å². The van der Waals surface area contributed by atoms with Crippen LogP contribution in [0.15, 0.2) is 90.2 Å². The van der Waals surface area contributed by atoms with E-state index in [1.807, 2.05) is 71.8 Å². The summed E-state index contributed by atoms with van der Waals surface area (Å²) in [6.07, 6.45) is 1.71. The van der Waals surface area contributed by atoms with Crippen LogP contribution in [0.5, 0.6) is 0 Å². The maximum atomic E-state index is 13.7. The Morgan fingerprint density at radius 1 is 1.00 bits per heavy atom. The van der Waals surface area contributed by atoms with Crippen molar-refractivity contribution in [3.8, 4) is 11.3 Å². The van der Waals surface area contributed by atoms with Gasteiger partial charge in [0.15, 0.2) is 11.5 Å². The van der Waals surface area contributed by atoms with E-state index in [4.69, 9.17) is 0 Å². The van der Waals surface area contributed by atoms with Gasteiger partial charge in [-0.3, -0.25) is 14.9 Å². The fraction of sp³-hybridized carbons (Fsp3) is 0.161. The Morgan fingerprint density at radius 3 is 2.34 bits per heavy atom. The number of carbonyl (C=O) groups excluding carboxylic acids is 1. The van der Waals surface area contributed by atoms with Crippen LogP contribution in [-0.2, 0) is 17.3 Å². The molecule has 1 aliphatic carbocycles. The van der Waals surface area contributed by atoms with Crippen LogP contribution in [0.25, 0.3) is 27.7 Å². The molecule has 0 radical (unpaired) electrons. The summed E-state index contributed by atoms with van der Waals surface area (Å²) in [4.78, 5) is 24.8. The highest BCUT2D eigenvalue weighted by Gasteiger charge is 2.44. The van der Waals surface area contributed by atoms with Crippen LogP contribution in [0.1, 0.15) is 25.0 Å². The number of para-hydroxylation sites is 1. The molecule has 4 aromatic rings. The van der Waals surface area contributed by atoms with Crippen LogP contribution in [0.3, 0.4) is 0 Å². The van der Waals surface area contributed by atoms with Crippen LogP contribution >= 0.6 is 0 Å². The number of hydrogen-bond donors (Lipinski definition) is 0. The lowest BCUT2D eigenvalue weighted by molar-refractivity contribution is -0.401. The number of aromatic nitrogens is 1. The second-order valence-electron chi connectivity index (χ2n) is 10.3. The summed E-state index contributed by atoms with van der Waals surface area (Å²) in [7, 11) is 3.78. The fourth-order valence-electron chi connectivity index (χ4n) is 5.90. The van der Waals surface area contributed by atoms with E-state index in [0.717, 1.165) is 22.5 Å². The molecule has 7 nitrogen and oxygen atoms in total. The van der Waals surface area contributed by atoms with Crippen LogP contribution in [0, 0.1) is 10.1 Å². The molecule has 0 spiro atoms. The quantitative estimate of drug-likeness (QED) is 0.169. The Bertz CT molecular complexity index is 1800. The highest BCUT2D eigenvalue weighted by molar-refractivity contribution is 6.42. The number of hydrogen-bond acceptors (Lipinski definition) is 4. The van der Waals surface area contributed by atoms with Crippen LogP contribution in [0.2, 0.25) is 0 Å². The zero-order chi connectivity index (χ0) is 26.9. The number of nitro groups is 1. The maximum absolute atomic E-state index is 13.7. The molecule has 0 fully saturated rings. The van der Waals surface area contributed by atoms with Crippen molar-refractivity contribution in [3.05, 3.63) is 111 Å². The third-order valence-corrected chi connectivity index (χ3v) is 7.86. The summed E-state index contributed by atoms with van der Waals surface area (Å²) in [6.45, 7) is 4.16. The minimum atomic E-state index is -0.467. The third kappa shape index (κ3) is 3.14. The molecule has 3 aromatic carbocycles. The molecule has 38 heavy (non-hydrogen) atoms. The van der Waals surface area contributed by atoms with Gasteiger partial charge in [0.1, 0.15) is 7.05 Å². The number of ketones is 1. The number of Topliss-reactive ketones (excluding diaryl/α,β-unsaturated/α-hetero) is 1. The Labute approximate surface area is 219 Å². The van der Waals surface area contributed by atoms with Crippen molar-refractivity contribution < 1.29 is 19.4 Å². The van der Waals surface area contributed by atoms with Gasteiger partial charge in [-0.05, 0) is 25.5 Å². The lowest BCUT2D eigenvalue weighted by atomic mass is 9.77. The zero-order valence-corrected chi connectivity index (χ0v) is 21.5. The first-order chi connectivity index (χ1) is 18.1. The number of non-ortho nitro benzene ring substituents is 1. The van der Waals surface area contributed by atoms with Crippen molar-refractivity contribution in [3.63, 3.8) is 0 Å². The van der Waals surface area contributed by atoms with Gasteiger partial charge in [-0.2, -0.15) is 4.58 Å². The predicted octanol–water partition coefficient (Wildman–Crippen LogP) is 5.04. The number of allylic oxidation sites excluding steroid dienone is 3. The first-order valence-electron chi connectivity index (χ1n) is 12.3. The van der Waals surface area contributed by atoms with Crippen LogP contribution in [-0.4, -0.2) is 32.6 Å². The fourth-order valence-corrected chi connectivity index (χ4v) is 5.90. The highest BCUT2D eigenvalue weighted by Crippen LogP contribution is 2.46. The van der Waals surface area contributed by atoms with Gasteiger partial charge in [0, 0.05) is 64.5 Å². The van der Waals surface area contributed by atoms with E-state index in [1.54, 1.807) is 12.1 Å². The van der Waals surface area contributed by atoms with E-state index in [0.29, 0.717) is 22.2 Å². The van der Waals surface area contributed by atoms with Crippen molar-refractivity contribution in [2.24, 2.45) is 7.05 Å². The average Bonchev–Trinajstić information content (AvgIpc) is 3.30. The number of nitrogens with zero attached hydrogens (tertiary/aromatic N) is 3. The lowest BCUT2D eigenvalue weighted by Crippen LogP contribution is -2.33. The Hall–Kier alpha value is -4.78. The summed E-state index contributed by atoms with van der Waals surface area (Å²) >= 11 is 0. The summed E-state index contributed by atoms with van der Waals surface area (Å²) in [6, 6.07) is 22.1. The maximum Gasteiger partial charge on any atom is 0.270 e. The molecule has 0 N–H and O–H groups in total. The molecule has 0 saturated carbocycles. The van der Waals surface area contributed by atoms with Crippen LogP contribution < -0.4 is 5.11 Å². The summed E-state index contributed by atoms with van der Waals surface area (Å²) in [5.41, 5.74) is 5.39. The zero-order valence-electron chi connectivity index (χ0n) is 21.5. The van der Waals surface area contributed by atoms with Crippen molar-refractivity contribution in [2.75, 3.05) is 7.05 Å². The number of aryl methyl sites for hydroxylation is 1. The normalized spacial score (nSPS) is 17.4. The van der Waals surface area contributed by atoms with Gasteiger partial charge in [-0.1, -0.05) is 54.3 Å². The largest absolute Gasteiger partial charge is 0.871 e. The monoisotopic (exact) mass is 503 g/mol. The number of rotatable bonds is 4. The molecule has 6 rings (SSSR count). The molecule has 0 unspecified atom stereocenters.